The Balaban J connectivity index is 1.36. The topological polar surface area (TPSA) is 101 Å². The zero-order chi connectivity index (χ0) is 34.9. The van der Waals surface area contributed by atoms with Gasteiger partial charge in [-0.05, 0) is 66.6 Å². The van der Waals surface area contributed by atoms with Gasteiger partial charge in [-0.15, -0.1) is 0 Å². The number of amides is 2. The lowest BCUT2D eigenvalue weighted by molar-refractivity contribution is -0.135. The summed E-state index contributed by atoms with van der Waals surface area (Å²) in [6.45, 7) is 1.85. The summed E-state index contributed by atoms with van der Waals surface area (Å²) >= 11 is 6.45. The summed E-state index contributed by atoms with van der Waals surface area (Å²) in [5.41, 5.74) is 2.61. The van der Waals surface area contributed by atoms with Crippen molar-refractivity contribution in [1.29, 1.82) is 0 Å². The van der Waals surface area contributed by atoms with E-state index in [0.29, 0.717) is 38.7 Å². The van der Waals surface area contributed by atoms with Crippen molar-refractivity contribution in [3.8, 4) is 11.5 Å². The Hall–Kier alpha value is -5.27. The zero-order valence-electron chi connectivity index (χ0n) is 27.5. The number of carbonyl (C=O) groups is 4. The number of rotatable bonds is 5. The third-order valence-corrected chi connectivity index (χ3v) is 11.7. The summed E-state index contributed by atoms with van der Waals surface area (Å²) in [5, 5.41) is 12.1. The fourth-order valence-corrected chi connectivity index (χ4v) is 9.26. The monoisotopic (exact) mass is 683 g/mol. The van der Waals surface area contributed by atoms with Gasteiger partial charge in [-0.2, -0.15) is 0 Å². The number of hydrogen-bond acceptors (Lipinski definition) is 6. The number of phenolic OH excluding ortho intramolecular Hbond substituents is 1. The largest absolute Gasteiger partial charge is 0.508 e. The third kappa shape index (κ3) is 4.56. The van der Waals surface area contributed by atoms with E-state index in [0.717, 1.165) is 11.1 Å². The van der Waals surface area contributed by atoms with Gasteiger partial charge < -0.3 is 9.84 Å². The number of carbonyl (C=O) groups excluding carboxylic acids is 4. The quantitative estimate of drug-likeness (QED) is 0.174. The minimum absolute atomic E-state index is 0.0880. The molecule has 4 aromatic carbocycles. The first-order chi connectivity index (χ1) is 24.2. The normalized spacial score (nSPS) is 27.3. The van der Waals surface area contributed by atoms with E-state index >= 15 is 9.59 Å². The third-order valence-electron chi connectivity index (χ3n) is 11.3. The van der Waals surface area contributed by atoms with E-state index in [-0.39, 0.29) is 42.0 Å². The van der Waals surface area contributed by atoms with Crippen LogP contribution in [-0.2, 0) is 24.6 Å². The summed E-state index contributed by atoms with van der Waals surface area (Å²) in [5.74, 6) is -4.49. The first-order valence-corrected chi connectivity index (χ1v) is 17.2. The van der Waals surface area contributed by atoms with Crippen molar-refractivity contribution in [2.24, 2.45) is 23.7 Å². The van der Waals surface area contributed by atoms with Crippen molar-refractivity contribution in [3.63, 3.8) is 0 Å². The average Bonchev–Trinajstić information content (AvgIpc) is 3.39. The van der Waals surface area contributed by atoms with E-state index in [1.54, 1.807) is 30.3 Å². The van der Waals surface area contributed by atoms with Crippen LogP contribution in [0.2, 0.25) is 5.02 Å². The standard InChI is InChI=1S/C42H34ClNO6/c1-23-13-14-26(19-34(23)43)44-40(48)30-18-17-28-32(37(30)41(44)49)21-33-39(47)31(24-9-5-3-6-10-24)22-36(46)42(33,25-11-7-4-8-12-25)38(28)29-16-15-27(50-2)20-35(29)45/h3-17,19-20,22,30,32-33,37-38,45H,18,21H2,1-2H3/t30-,32+,33-,37-,38+,42-/m0/s1. The Kier molecular flexibility index (Phi) is 7.64. The Morgan fingerprint density at radius 1 is 0.860 bits per heavy atom. The van der Waals surface area contributed by atoms with Gasteiger partial charge in [0.05, 0.1) is 30.0 Å². The van der Waals surface area contributed by atoms with Gasteiger partial charge in [0, 0.05) is 34.1 Å². The Morgan fingerprint density at radius 3 is 2.26 bits per heavy atom. The molecule has 4 aliphatic rings. The molecule has 2 amide bonds. The number of Topliss-reactive ketones (excluding diaryl/α,β-unsaturated/α-hetero) is 1. The second-order valence-corrected chi connectivity index (χ2v) is 14.1. The Morgan fingerprint density at radius 2 is 1.58 bits per heavy atom. The van der Waals surface area contributed by atoms with Crippen molar-refractivity contribution in [1.82, 2.24) is 0 Å². The van der Waals surface area contributed by atoms with E-state index < -0.39 is 35.0 Å². The fraction of sp³-hybridized carbons (Fsp3) is 0.238. The molecule has 0 radical (unpaired) electrons. The fourth-order valence-electron chi connectivity index (χ4n) is 9.09. The summed E-state index contributed by atoms with van der Waals surface area (Å²) in [7, 11) is 1.51. The number of halogens is 1. The highest BCUT2D eigenvalue weighted by Crippen LogP contribution is 2.64. The molecule has 8 heteroatoms. The van der Waals surface area contributed by atoms with E-state index in [4.69, 9.17) is 16.3 Å². The predicted molar refractivity (Wildman–Crippen MR) is 190 cm³/mol. The van der Waals surface area contributed by atoms with Crippen molar-refractivity contribution in [3.05, 3.63) is 142 Å². The minimum Gasteiger partial charge on any atom is -0.508 e. The van der Waals surface area contributed by atoms with Crippen molar-refractivity contribution >= 4 is 46.2 Å². The van der Waals surface area contributed by atoms with Gasteiger partial charge in [-0.25, -0.2) is 4.90 Å². The maximum absolute atomic E-state index is 15.1. The summed E-state index contributed by atoms with van der Waals surface area (Å²) in [6, 6.07) is 28.5. The van der Waals surface area contributed by atoms with E-state index in [2.05, 4.69) is 0 Å². The zero-order valence-corrected chi connectivity index (χ0v) is 28.3. The number of aromatic hydroxyl groups is 1. The number of fused-ring (bicyclic) bond motifs is 4. The number of methoxy groups -OCH3 is 1. The summed E-state index contributed by atoms with van der Waals surface area (Å²) < 4.78 is 5.41. The lowest BCUT2D eigenvalue weighted by atomic mass is 9.44. The molecule has 3 aliphatic carbocycles. The molecular weight excluding hydrogens is 650 g/mol. The minimum atomic E-state index is -1.44. The lowest BCUT2D eigenvalue weighted by Gasteiger charge is -2.55. The average molecular weight is 684 g/mol. The molecule has 250 valence electrons. The van der Waals surface area contributed by atoms with Crippen LogP contribution >= 0.6 is 11.6 Å². The molecule has 1 aliphatic heterocycles. The van der Waals surface area contributed by atoms with Crippen LogP contribution in [0.25, 0.3) is 5.57 Å². The molecule has 2 fully saturated rings. The number of allylic oxidation sites excluding steroid dienone is 4. The number of anilines is 1. The van der Waals surface area contributed by atoms with Crippen LogP contribution in [0.15, 0.2) is 115 Å². The molecule has 0 spiro atoms. The molecule has 1 N–H and O–H groups in total. The van der Waals surface area contributed by atoms with Gasteiger partial charge in [0.15, 0.2) is 11.6 Å². The predicted octanol–water partition coefficient (Wildman–Crippen LogP) is 7.39. The first-order valence-electron chi connectivity index (χ1n) is 16.8. The van der Waals surface area contributed by atoms with E-state index in [1.807, 2.05) is 73.7 Å². The van der Waals surface area contributed by atoms with Gasteiger partial charge in [0.25, 0.3) is 0 Å². The molecule has 1 saturated heterocycles. The van der Waals surface area contributed by atoms with E-state index in [1.165, 1.54) is 24.2 Å². The Bertz CT molecular complexity index is 2160. The van der Waals surface area contributed by atoms with Crippen LogP contribution in [0.1, 0.15) is 41.0 Å². The molecule has 6 atom stereocenters. The van der Waals surface area contributed by atoms with Crippen molar-refractivity contribution in [2.45, 2.75) is 31.1 Å². The van der Waals surface area contributed by atoms with Gasteiger partial charge in [0.1, 0.15) is 11.5 Å². The second kappa shape index (κ2) is 12.0. The highest BCUT2D eigenvalue weighted by Gasteiger charge is 2.66. The second-order valence-electron chi connectivity index (χ2n) is 13.7. The number of aryl methyl sites for hydroxylation is 1. The number of phenols is 1. The number of benzene rings is 4. The summed E-state index contributed by atoms with van der Waals surface area (Å²) in [4.78, 5) is 60.0. The van der Waals surface area contributed by atoms with Crippen LogP contribution in [0, 0.1) is 30.6 Å². The number of hydrogen-bond donors (Lipinski definition) is 1. The molecule has 50 heavy (non-hydrogen) atoms. The van der Waals surface area contributed by atoms with Crippen LogP contribution in [0.5, 0.6) is 11.5 Å². The molecule has 0 aromatic heterocycles. The Labute approximate surface area is 294 Å². The molecular formula is C42H34ClNO6. The van der Waals surface area contributed by atoms with Gasteiger partial charge >= 0.3 is 0 Å². The molecule has 1 heterocycles. The lowest BCUT2D eigenvalue weighted by Crippen LogP contribution is -2.58. The molecule has 0 bridgehead atoms. The molecule has 0 unspecified atom stereocenters. The van der Waals surface area contributed by atoms with E-state index in [9.17, 15) is 14.7 Å². The number of imide groups is 1. The van der Waals surface area contributed by atoms with Gasteiger partial charge in [-0.1, -0.05) is 96.0 Å². The van der Waals surface area contributed by atoms with Crippen LogP contribution in [0.3, 0.4) is 0 Å². The maximum Gasteiger partial charge on any atom is 0.238 e. The smallest absolute Gasteiger partial charge is 0.238 e. The molecule has 8 rings (SSSR count). The maximum atomic E-state index is 15.1. The summed E-state index contributed by atoms with van der Waals surface area (Å²) in [6.07, 6.45) is 3.89. The van der Waals surface area contributed by atoms with Crippen LogP contribution in [0.4, 0.5) is 5.69 Å². The van der Waals surface area contributed by atoms with Crippen LogP contribution in [-0.4, -0.2) is 35.6 Å². The number of ketones is 2. The number of nitrogens with zero attached hydrogens (tertiary/aromatic N) is 1. The van der Waals surface area contributed by atoms with Crippen molar-refractivity contribution in [2.75, 3.05) is 12.0 Å². The molecule has 7 nitrogen and oxygen atoms in total. The van der Waals surface area contributed by atoms with Crippen molar-refractivity contribution < 1.29 is 29.0 Å². The molecule has 4 aromatic rings. The first kappa shape index (κ1) is 32.0. The highest BCUT2D eigenvalue weighted by atomic mass is 35.5. The molecule has 1 saturated carbocycles. The SMILES string of the molecule is COc1ccc([C@H]2C3=CC[C@@H]4C(=O)N(c5ccc(C)c(Cl)c5)C(=O)[C@@H]4[C@@H]3C[C@H]3C(=O)C(c4ccccc4)=CC(=O)[C@@]23c2ccccc2)c(O)c1. The van der Waals surface area contributed by atoms with Gasteiger partial charge in [0.2, 0.25) is 11.8 Å². The number of ether oxygens (including phenoxy) is 1. The van der Waals surface area contributed by atoms with Crippen LogP contribution < -0.4 is 9.64 Å². The van der Waals surface area contributed by atoms with Gasteiger partial charge in [-0.3, -0.25) is 19.2 Å². The highest BCUT2D eigenvalue weighted by molar-refractivity contribution is 6.33.